The third kappa shape index (κ3) is 12.1. The molecule has 2 rings (SSSR count). The van der Waals surface area contributed by atoms with Gasteiger partial charge in [0.15, 0.2) is 5.78 Å². The van der Waals surface area contributed by atoms with Crippen LogP contribution in [0.15, 0.2) is 30.3 Å². The van der Waals surface area contributed by atoms with E-state index in [1.807, 2.05) is 30.3 Å². The Morgan fingerprint density at radius 1 is 1.11 bits per heavy atom. The Morgan fingerprint density at radius 3 is 2.30 bits per heavy atom. The Kier molecular flexibility index (Phi) is 11.0. The van der Waals surface area contributed by atoms with Crippen LogP contribution in [0.4, 0.5) is 9.59 Å². The second-order valence-electron chi connectivity index (χ2n) is 10.4. The van der Waals surface area contributed by atoms with E-state index in [1.54, 1.807) is 25.7 Å². The number of ether oxygens (including phenoxy) is 2. The lowest BCUT2D eigenvalue weighted by molar-refractivity contribution is -0.124. The molecule has 2 N–H and O–H groups in total. The maximum Gasteiger partial charge on any atom is 0.410 e. The van der Waals surface area contributed by atoms with Gasteiger partial charge in [0, 0.05) is 43.4 Å². The molecule has 206 valence electrons. The van der Waals surface area contributed by atoms with Crippen molar-refractivity contribution < 1.29 is 32.9 Å². The van der Waals surface area contributed by atoms with Crippen molar-refractivity contribution in [2.45, 2.75) is 70.7 Å². The van der Waals surface area contributed by atoms with Crippen LogP contribution in [0, 0.1) is 0 Å². The number of alkyl carbamates (subject to hydrolysis) is 1. The monoisotopic (exact) mass is 537 g/mol. The Morgan fingerprint density at radius 2 is 1.73 bits per heavy atom. The molecule has 1 aromatic carbocycles. The second kappa shape index (κ2) is 13.5. The van der Waals surface area contributed by atoms with Crippen molar-refractivity contribution in [1.29, 1.82) is 0 Å². The average Bonchev–Trinajstić information content (AvgIpc) is 2.79. The van der Waals surface area contributed by atoms with Crippen LogP contribution >= 0.6 is 0 Å². The lowest BCUT2D eigenvalue weighted by Crippen LogP contribution is -2.53. The number of nitrogens with one attached hydrogen (secondary N) is 2. The first-order valence-electron chi connectivity index (χ1n) is 12.3. The summed E-state index contributed by atoms with van der Waals surface area (Å²) in [5.41, 5.74) is 0.143. The largest absolute Gasteiger partial charge is 0.445 e. The first kappa shape index (κ1) is 30.1. The zero-order valence-electron chi connectivity index (χ0n) is 22.3. The number of rotatable bonds is 9. The van der Waals surface area contributed by atoms with E-state index in [0.717, 1.165) is 10.9 Å². The van der Waals surface area contributed by atoms with Crippen LogP contribution in [0.2, 0.25) is 0 Å². The van der Waals surface area contributed by atoms with E-state index in [1.165, 1.54) is 12.5 Å². The molecule has 1 aliphatic rings. The van der Waals surface area contributed by atoms with E-state index in [4.69, 9.17) is 9.47 Å². The van der Waals surface area contributed by atoms with Gasteiger partial charge in [0.25, 0.3) is 0 Å². The van der Waals surface area contributed by atoms with Crippen LogP contribution in [0.5, 0.6) is 0 Å². The van der Waals surface area contributed by atoms with Gasteiger partial charge in [-0.25, -0.2) is 9.59 Å². The number of hydrogen-bond acceptors (Lipinski definition) is 7. The highest BCUT2D eigenvalue weighted by Crippen LogP contribution is 2.14. The van der Waals surface area contributed by atoms with Crippen molar-refractivity contribution in [1.82, 2.24) is 15.5 Å². The highest BCUT2D eigenvalue weighted by molar-refractivity contribution is 8.01. The summed E-state index contributed by atoms with van der Waals surface area (Å²) in [5.74, 6) is -0.807. The molecule has 0 spiro atoms. The molecular formula is C26H39N3O7S. The van der Waals surface area contributed by atoms with Gasteiger partial charge in [-0.15, -0.1) is 0 Å². The van der Waals surface area contributed by atoms with Crippen LogP contribution in [0.25, 0.3) is 0 Å². The van der Waals surface area contributed by atoms with Gasteiger partial charge in [-0.05, 0) is 55.1 Å². The highest BCUT2D eigenvalue weighted by Gasteiger charge is 2.29. The minimum absolute atomic E-state index is 0.0284. The van der Waals surface area contributed by atoms with Crippen molar-refractivity contribution >= 4 is 38.8 Å². The number of hydrogen-bond donors (Lipinski definition) is 2. The third-order valence-electron chi connectivity index (χ3n) is 5.41. The van der Waals surface area contributed by atoms with E-state index >= 15 is 0 Å². The SMILES string of the molecule is CC(C)(C)OC(=O)N[C@@H](CCC(=O)C=S(C)(C)=O)C(=O)NC1CCN(C(=O)OCc2ccccc2)CC1. The van der Waals surface area contributed by atoms with E-state index in [9.17, 15) is 23.4 Å². The van der Waals surface area contributed by atoms with Crippen LogP contribution in [0.3, 0.4) is 0 Å². The van der Waals surface area contributed by atoms with Gasteiger partial charge in [-0.2, -0.15) is 0 Å². The minimum atomic E-state index is -2.37. The third-order valence-corrected chi connectivity index (χ3v) is 6.24. The van der Waals surface area contributed by atoms with Crippen LogP contribution < -0.4 is 10.6 Å². The predicted molar refractivity (Wildman–Crippen MR) is 143 cm³/mol. The second-order valence-corrected chi connectivity index (χ2v) is 13.3. The smallest absolute Gasteiger partial charge is 0.410 e. The first-order valence-corrected chi connectivity index (χ1v) is 14.7. The fraction of sp³-hybridized carbons (Fsp3) is 0.577. The summed E-state index contributed by atoms with van der Waals surface area (Å²) in [5, 5.41) is 6.61. The topological polar surface area (TPSA) is 131 Å². The number of benzene rings is 1. The highest BCUT2D eigenvalue weighted by atomic mass is 32.2. The first-order chi connectivity index (χ1) is 17.2. The molecule has 0 aliphatic carbocycles. The number of piperidine rings is 1. The molecular weight excluding hydrogens is 498 g/mol. The van der Waals surface area contributed by atoms with Crippen molar-refractivity contribution in [3.63, 3.8) is 0 Å². The normalized spacial score (nSPS) is 15.3. The molecule has 10 nitrogen and oxygen atoms in total. The van der Waals surface area contributed by atoms with Crippen molar-refractivity contribution in [3.05, 3.63) is 35.9 Å². The number of Topliss-reactive ketones (excluding diaryl/α,β-unsaturated/α-hetero) is 1. The van der Waals surface area contributed by atoms with Gasteiger partial charge in [0.2, 0.25) is 5.91 Å². The Bertz CT molecular complexity index is 1060. The summed E-state index contributed by atoms with van der Waals surface area (Å²) in [6.45, 7) is 6.14. The molecule has 3 amide bonds. The fourth-order valence-corrected chi connectivity index (χ4v) is 4.45. The van der Waals surface area contributed by atoms with Gasteiger partial charge in [-0.3, -0.25) is 13.8 Å². The predicted octanol–water partition coefficient (Wildman–Crippen LogP) is 2.49. The molecule has 1 atom stereocenters. The minimum Gasteiger partial charge on any atom is -0.445 e. The van der Waals surface area contributed by atoms with Gasteiger partial charge in [0.1, 0.15) is 18.2 Å². The summed E-state index contributed by atoms with van der Waals surface area (Å²) in [4.78, 5) is 51.5. The zero-order chi connectivity index (χ0) is 27.6. The number of carbonyl (C=O) groups excluding carboxylic acids is 4. The van der Waals surface area contributed by atoms with E-state index in [-0.39, 0.29) is 31.3 Å². The average molecular weight is 538 g/mol. The Hall–Kier alpha value is -3.08. The molecule has 0 aromatic heterocycles. The maximum absolute atomic E-state index is 13.0. The molecule has 1 heterocycles. The molecule has 1 fully saturated rings. The summed E-state index contributed by atoms with van der Waals surface area (Å²) in [7, 11) is -2.37. The number of likely N-dealkylation sites (tertiary alicyclic amines) is 1. The van der Waals surface area contributed by atoms with E-state index in [0.29, 0.717) is 25.9 Å². The quantitative estimate of drug-likeness (QED) is 0.463. The summed E-state index contributed by atoms with van der Waals surface area (Å²) < 4.78 is 22.5. The molecule has 1 aromatic rings. The van der Waals surface area contributed by atoms with Crippen molar-refractivity contribution in [2.24, 2.45) is 0 Å². The number of amides is 3. The van der Waals surface area contributed by atoms with E-state index in [2.05, 4.69) is 10.6 Å². The Labute approximate surface area is 219 Å². The zero-order valence-corrected chi connectivity index (χ0v) is 23.1. The summed E-state index contributed by atoms with van der Waals surface area (Å²) >= 11 is 0. The fourth-order valence-electron chi connectivity index (χ4n) is 3.70. The molecule has 1 saturated heterocycles. The molecule has 1 aliphatic heterocycles. The summed E-state index contributed by atoms with van der Waals surface area (Å²) in [6, 6.07) is 8.19. The van der Waals surface area contributed by atoms with Gasteiger partial charge < -0.3 is 25.0 Å². The molecule has 11 heteroatoms. The molecule has 37 heavy (non-hydrogen) atoms. The maximum atomic E-state index is 13.0. The molecule has 0 unspecified atom stereocenters. The van der Waals surface area contributed by atoms with Gasteiger partial charge in [0.05, 0.1) is 0 Å². The summed E-state index contributed by atoms with van der Waals surface area (Å²) in [6.07, 6.45) is 2.75. The van der Waals surface area contributed by atoms with E-state index < -0.39 is 39.3 Å². The standard InChI is InChI=1S/C26H39N3O7S/c1-26(2,3)36-24(32)28-22(12-11-21(30)18-37(4,5)34)23(31)27-20-13-15-29(16-14-20)25(33)35-17-19-9-7-6-8-10-19/h6-10,18,20,22H,11-17H2,1-5H3,(H,27,31)(H,28,32)/t22-/m0/s1. The van der Waals surface area contributed by atoms with Crippen LogP contribution in [-0.2, 0) is 35.2 Å². The lowest BCUT2D eigenvalue weighted by atomic mass is 10.0. The Balaban J connectivity index is 1.90. The lowest BCUT2D eigenvalue weighted by Gasteiger charge is -2.32. The van der Waals surface area contributed by atoms with Crippen molar-refractivity contribution in [2.75, 3.05) is 25.6 Å². The number of ketones is 1. The van der Waals surface area contributed by atoms with Crippen molar-refractivity contribution in [3.8, 4) is 0 Å². The number of nitrogens with zero attached hydrogens (tertiary/aromatic N) is 1. The molecule has 0 saturated carbocycles. The van der Waals surface area contributed by atoms with Crippen LogP contribution in [-0.4, -0.2) is 81.6 Å². The number of carbonyl (C=O) groups is 4. The van der Waals surface area contributed by atoms with Crippen LogP contribution in [0.1, 0.15) is 52.0 Å². The van der Waals surface area contributed by atoms with Gasteiger partial charge in [-0.1, -0.05) is 30.3 Å². The molecule has 0 radical (unpaired) electrons. The van der Waals surface area contributed by atoms with Gasteiger partial charge >= 0.3 is 12.2 Å². The molecule has 0 bridgehead atoms.